The minimum atomic E-state index is 0.0748. The van der Waals surface area contributed by atoms with E-state index < -0.39 is 0 Å². The molecule has 3 aliphatic carbocycles. The van der Waals surface area contributed by atoms with Crippen LogP contribution in [0.15, 0.2) is 30.3 Å². The van der Waals surface area contributed by atoms with E-state index in [2.05, 4.69) is 30.3 Å². The van der Waals surface area contributed by atoms with Crippen molar-refractivity contribution in [3.05, 3.63) is 69.5 Å². The van der Waals surface area contributed by atoms with Gasteiger partial charge in [0.2, 0.25) is 0 Å². The van der Waals surface area contributed by atoms with Crippen LogP contribution >= 0.6 is 0 Å². The van der Waals surface area contributed by atoms with Crippen molar-refractivity contribution >= 4 is 0 Å². The third-order valence-corrected chi connectivity index (χ3v) is 5.15. The smallest absolute Gasteiger partial charge is 0.129 e. The summed E-state index contributed by atoms with van der Waals surface area (Å²) in [4.78, 5) is 0. The maximum absolute atomic E-state index is 14.7. The molecular formula is C21H23F. The highest BCUT2D eigenvalue weighted by Gasteiger charge is 2.14. The van der Waals surface area contributed by atoms with Gasteiger partial charge in [-0.1, -0.05) is 30.3 Å². The van der Waals surface area contributed by atoms with Crippen molar-refractivity contribution in [3.63, 3.8) is 0 Å². The van der Waals surface area contributed by atoms with Crippen LogP contribution in [0, 0.1) is 5.82 Å². The van der Waals surface area contributed by atoms with Crippen LogP contribution in [0.1, 0.15) is 52.6 Å². The molecule has 1 heteroatoms. The summed E-state index contributed by atoms with van der Waals surface area (Å²) in [6.45, 7) is 0. The summed E-state index contributed by atoms with van der Waals surface area (Å²) < 4.78 is 14.7. The highest BCUT2D eigenvalue weighted by molar-refractivity contribution is 5.35. The molecule has 0 saturated heterocycles. The molecule has 5 rings (SSSR count). The quantitative estimate of drug-likeness (QED) is 0.643. The van der Waals surface area contributed by atoms with E-state index in [0.717, 1.165) is 68.9 Å². The molecule has 0 aromatic heterocycles. The van der Waals surface area contributed by atoms with Crippen LogP contribution in [0.5, 0.6) is 0 Å². The highest BCUT2D eigenvalue weighted by atomic mass is 19.1. The number of benzene rings is 2. The fourth-order valence-electron chi connectivity index (χ4n) is 4.07. The summed E-state index contributed by atoms with van der Waals surface area (Å²) in [5, 5.41) is 0. The van der Waals surface area contributed by atoms with Crippen molar-refractivity contribution in [1.29, 1.82) is 0 Å². The Labute approximate surface area is 132 Å². The minimum absolute atomic E-state index is 0.0748. The van der Waals surface area contributed by atoms with Crippen molar-refractivity contribution < 1.29 is 4.39 Å². The molecule has 22 heavy (non-hydrogen) atoms. The molecule has 0 N–H and O–H groups in total. The normalized spacial score (nSPS) is 17.5. The lowest BCUT2D eigenvalue weighted by Gasteiger charge is -2.17. The molecule has 0 amide bonds. The molecule has 2 aromatic rings. The zero-order valence-corrected chi connectivity index (χ0v) is 13.1. The second-order valence-corrected chi connectivity index (χ2v) is 6.95. The number of fused-ring (bicyclic) bond motifs is 6. The molecule has 0 fully saturated rings. The van der Waals surface area contributed by atoms with E-state index in [9.17, 15) is 4.39 Å². The fraction of sp³-hybridized carbons (Fsp3) is 0.429. The number of rotatable bonds is 0. The Balaban J connectivity index is 1.83. The number of hydrogen-bond donors (Lipinski definition) is 0. The number of halogens is 1. The molecule has 2 aromatic carbocycles. The number of hydrogen-bond acceptors (Lipinski definition) is 0. The minimum Gasteiger partial charge on any atom is -0.206 e. The van der Waals surface area contributed by atoms with E-state index in [1.807, 2.05) is 0 Å². The van der Waals surface area contributed by atoms with Crippen LogP contribution in [0.25, 0.3) is 0 Å². The van der Waals surface area contributed by atoms with Crippen molar-refractivity contribution in [1.82, 2.24) is 0 Å². The average molecular weight is 294 g/mol. The topological polar surface area (TPSA) is 0 Å². The van der Waals surface area contributed by atoms with Crippen LogP contribution in [-0.4, -0.2) is 0 Å². The van der Waals surface area contributed by atoms with Gasteiger partial charge in [0.1, 0.15) is 5.82 Å². The average Bonchev–Trinajstić information content (AvgIpc) is 2.49. The Morgan fingerprint density at radius 2 is 0.864 bits per heavy atom. The monoisotopic (exact) mass is 294 g/mol. The Morgan fingerprint density at radius 3 is 1.32 bits per heavy atom. The summed E-state index contributed by atoms with van der Waals surface area (Å²) in [6.07, 6.45) is 9.33. The summed E-state index contributed by atoms with van der Waals surface area (Å²) in [5.74, 6) is 0.0748. The van der Waals surface area contributed by atoms with Gasteiger partial charge in [-0.25, -0.2) is 4.39 Å². The molecule has 0 atom stereocenters. The molecule has 3 aliphatic rings. The maximum atomic E-state index is 14.7. The molecule has 0 radical (unpaired) electrons. The van der Waals surface area contributed by atoms with E-state index in [1.165, 1.54) is 22.3 Å². The molecule has 6 bridgehead atoms. The van der Waals surface area contributed by atoms with Gasteiger partial charge in [0.05, 0.1) is 0 Å². The summed E-state index contributed by atoms with van der Waals surface area (Å²) in [5.41, 5.74) is 7.63. The van der Waals surface area contributed by atoms with Gasteiger partial charge in [-0.15, -0.1) is 0 Å². The lowest BCUT2D eigenvalue weighted by atomic mass is 9.89. The Bertz CT molecular complexity index is 642. The Morgan fingerprint density at radius 1 is 0.500 bits per heavy atom. The lowest BCUT2D eigenvalue weighted by Crippen LogP contribution is -2.06. The zero-order chi connectivity index (χ0) is 14.9. The van der Waals surface area contributed by atoms with E-state index in [1.54, 1.807) is 0 Å². The predicted molar refractivity (Wildman–Crippen MR) is 88.9 cm³/mol. The first-order valence-corrected chi connectivity index (χ1v) is 8.70. The van der Waals surface area contributed by atoms with Gasteiger partial charge in [0.15, 0.2) is 0 Å². The van der Waals surface area contributed by atoms with Gasteiger partial charge >= 0.3 is 0 Å². The van der Waals surface area contributed by atoms with Crippen molar-refractivity contribution in [3.8, 4) is 0 Å². The van der Waals surface area contributed by atoms with E-state index in [4.69, 9.17) is 0 Å². The van der Waals surface area contributed by atoms with Gasteiger partial charge < -0.3 is 0 Å². The van der Waals surface area contributed by atoms with Crippen LogP contribution in [0.2, 0.25) is 0 Å². The first-order chi connectivity index (χ1) is 10.8. The molecule has 0 saturated carbocycles. The summed E-state index contributed by atoms with van der Waals surface area (Å²) in [6, 6.07) is 11.4. The lowest BCUT2D eigenvalue weighted by molar-refractivity contribution is 0.580. The second kappa shape index (κ2) is 5.87. The SMILES string of the molecule is Fc1c2cc3cc1CCCc1cc(cc(c1)CCC2)CCC3. The summed E-state index contributed by atoms with van der Waals surface area (Å²) >= 11 is 0. The molecule has 0 heterocycles. The van der Waals surface area contributed by atoms with E-state index in [0.29, 0.717) is 0 Å². The van der Waals surface area contributed by atoms with Crippen LogP contribution in [-0.2, 0) is 38.5 Å². The van der Waals surface area contributed by atoms with Gasteiger partial charge in [-0.3, -0.25) is 0 Å². The molecule has 0 spiro atoms. The van der Waals surface area contributed by atoms with Crippen LogP contribution in [0.4, 0.5) is 4.39 Å². The molecule has 0 aliphatic heterocycles. The Kier molecular flexibility index (Phi) is 3.73. The van der Waals surface area contributed by atoms with Crippen molar-refractivity contribution in [2.24, 2.45) is 0 Å². The van der Waals surface area contributed by atoms with Crippen LogP contribution < -0.4 is 0 Å². The Hall–Kier alpha value is -1.63. The standard InChI is InChI=1S/C21H23F/c22-21-19-8-2-6-16-10-15-4-1-5-18(13-19)14-20(21)9-3-7-17(11-15)12-16/h10-14H,1-9H2. The molecule has 114 valence electrons. The predicted octanol–water partition coefficient (Wildman–Crippen LogP) is 4.98. The highest BCUT2D eigenvalue weighted by Crippen LogP contribution is 2.25. The molecular weight excluding hydrogens is 271 g/mol. The van der Waals surface area contributed by atoms with Gasteiger partial charge in [0, 0.05) is 0 Å². The molecule has 0 unspecified atom stereocenters. The molecule has 0 nitrogen and oxygen atoms in total. The van der Waals surface area contributed by atoms with E-state index in [-0.39, 0.29) is 5.82 Å². The third-order valence-electron chi connectivity index (χ3n) is 5.15. The van der Waals surface area contributed by atoms with E-state index >= 15 is 0 Å². The fourth-order valence-corrected chi connectivity index (χ4v) is 4.07. The zero-order valence-electron chi connectivity index (χ0n) is 13.1. The van der Waals surface area contributed by atoms with Crippen molar-refractivity contribution in [2.75, 3.05) is 0 Å². The van der Waals surface area contributed by atoms with Gasteiger partial charge in [-0.2, -0.15) is 0 Å². The largest absolute Gasteiger partial charge is 0.206 e. The second-order valence-electron chi connectivity index (χ2n) is 6.95. The third kappa shape index (κ3) is 2.82. The first-order valence-electron chi connectivity index (χ1n) is 8.70. The van der Waals surface area contributed by atoms with Crippen LogP contribution in [0.3, 0.4) is 0 Å². The van der Waals surface area contributed by atoms with Gasteiger partial charge in [0.25, 0.3) is 0 Å². The van der Waals surface area contributed by atoms with Crippen molar-refractivity contribution in [2.45, 2.75) is 57.8 Å². The van der Waals surface area contributed by atoms with Gasteiger partial charge in [-0.05, 0) is 91.2 Å². The summed E-state index contributed by atoms with van der Waals surface area (Å²) in [7, 11) is 0. The maximum Gasteiger partial charge on any atom is 0.129 e. The first kappa shape index (κ1) is 14.0. The number of aryl methyl sites for hydroxylation is 6.